The number of nitrogens with zero attached hydrogens (tertiary/aromatic N) is 1. The summed E-state index contributed by atoms with van der Waals surface area (Å²) < 4.78 is 0. The molecular formula is C15H20N2O3. The van der Waals surface area contributed by atoms with Crippen molar-refractivity contribution in [3.05, 3.63) is 23.0 Å². The molecule has 1 rings (SSSR count). The second-order valence-corrected chi connectivity index (χ2v) is 4.80. The van der Waals surface area contributed by atoms with Crippen LogP contribution >= 0.6 is 0 Å². The lowest BCUT2D eigenvalue weighted by atomic mass is 9.98. The van der Waals surface area contributed by atoms with Gasteiger partial charge in [0.25, 0.3) is 5.91 Å². The number of allylic oxidation sites excluding steroid dienone is 1. The lowest BCUT2D eigenvalue weighted by molar-refractivity contribution is -0.121. The number of unbranched alkanes of at least 4 members (excludes halogenated alkanes) is 2. The van der Waals surface area contributed by atoms with Gasteiger partial charge in [-0.05, 0) is 25.3 Å². The Labute approximate surface area is 119 Å². The Morgan fingerprint density at radius 3 is 2.75 bits per heavy atom. The van der Waals surface area contributed by atoms with Crippen molar-refractivity contribution in [3.63, 3.8) is 0 Å². The second kappa shape index (κ2) is 7.49. The van der Waals surface area contributed by atoms with E-state index < -0.39 is 17.7 Å². The molecule has 1 amide bonds. The first-order valence-electron chi connectivity index (χ1n) is 6.83. The Bertz CT molecular complexity index is 498. The summed E-state index contributed by atoms with van der Waals surface area (Å²) in [6.45, 7) is 3.33. The summed E-state index contributed by atoms with van der Waals surface area (Å²) in [4.78, 5) is 23.1. The fraction of sp³-hybridized carbons (Fsp3) is 0.533. The van der Waals surface area contributed by atoms with E-state index in [0.717, 1.165) is 24.8 Å². The Hall–Kier alpha value is -2.09. The summed E-state index contributed by atoms with van der Waals surface area (Å²) in [5.41, 5.74) is 0.621. The molecule has 0 bridgehead atoms. The van der Waals surface area contributed by atoms with Crippen molar-refractivity contribution in [2.75, 3.05) is 0 Å². The highest BCUT2D eigenvalue weighted by atomic mass is 16.3. The van der Waals surface area contributed by atoms with Crippen molar-refractivity contribution in [1.29, 1.82) is 5.26 Å². The molecule has 0 radical (unpaired) electrons. The zero-order valence-corrected chi connectivity index (χ0v) is 11.9. The maximum absolute atomic E-state index is 11.7. The summed E-state index contributed by atoms with van der Waals surface area (Å²) in [6.07, 6.45) is 5.60. The van der Waals surface area contributed by atoms with E-state index in [0.29, 0.717) is 12.8 Å². The van der Waals surface area contributed by atoms with Gasteiger partial charge in [0.2, 0.25) is 0 Å². The summed E-state index contributed by atoms with van der Waals surface area (Å²) in [7, 11) is 0. The smallest absolute Gasteiger partial charge is 0.259 e. The molecule has 2 N–H and O–H groups in total. The third-order valence-electron chi connectivity index (χ3n) is 3.24. The van der Waals surface area contributed by atoms with Gasteiger partial charge in [0.1, 0.15) is 17.4 Å². The van der Waals surface area contributed by atoms with Gasteiger partial charge < -0.3 is 10.4 Å². The third-order valence-corrected chi connectivity index (χ3v) is 3.24. The Balaban J connectivity index is 2.98. The zero-order chi connectivity index (χ0) is 15.1. The normalized spacial score (nSPS) is 18.9. The van der Waals surface area contributed by atoms with Crippen molar-refractivity contribution in [3.8, 4) is 6.07 Å². The van der Waals surface area contributed by atoms with E-state index in [9.17, 15) is 14.7 Å². The zero-order valence-electron chi connectivity index (χ0n) is 11.9. The van der Waals surface area contributed by atoms with Crippen LogP contribution in [0.4, 0.5) is 0 Å². The van der Waals surface area contributed by atoms with E-state index in [1.807, 2.05) is 6.08 Å². The molecule has 108 valence electrons. The van der Waals surface area contributed by atoms with Gasteiger partial charge in [0, 0.05) is 6.42 Å². The van der Waals surface area contributed by atoms with E-state index in [2.05, 4.69) is 18.3 Å². The number of hydrogen-bond donors (Lipinski definition) is 2. The molecule has 0 saturated heterocycles. The topological polar surface area (TPSA) is 90.2 Å². The average molecular weight is 276 g/mol. The monoisotopic (exact) mass is 276 g/mol. The molecule has 1 aliphatic heterocycles. The van der Waals surface area contributed by atoms with Crippen molar-refractivity contribution in [1.82, 2.24) is 5.32 Å². The Kier molecular flexibility index (Phi) is 5.98. The molecule has 20 heavy (non-hydrogen) atoms. The first-order chi connectivity index (χ1) is 9.52. The van der Waals surface area contributed by atoms with Crippen LogP contribution in [0.25, 0.3) is 0 Å². The number of rotatable bonds is 7. The number of hydrogen-bond acceptors (Lipinski definition) is 4. The van der Waals surface area contributed by atoms with E-state index in [-0.39, 0.29) is 11.3 Å². The molecule has 0 aromatic rings. The van der Waals surface area contributed by atoms with Crippen molar-refractivity contribution < 1.29 is 14.7 Å². The van der Waals surface area contributed by atoms with Gasteiger partial charge in [0.05, 0.1) is 6.07 Å². The number of nitriles is 1. The van der Waals surface area contributed by atoms with Gasteiger partial charge >= 0.3 is 0 Å². The van der Waals surface area contributed by atoms with Crippen molar-refractivity contribution in [2.24, 2.45) is 0 Å². The molecule has 0 saturated carbocycles. The average Bonchev–Trinajstić information content (AvgIpc) is 2.69. The van der Waals surface area contributed by atoms with Crippen LogP contribution in [0.2, 0.25) is 0 Å². The van der Waals surface area contributed by atoms with Gasteiger partial charge in [-0.2, -0.15) is 5.26 Å². The van der Waals surface area contributed by atoms with Crippen LogP contribution in [0.5, 0.6) is 0 Å². The molecular weight excluding hydrogens is 256 g/mol. The molecule has 1 heterocycles. The number of carbonyl (C=O) groups is 2. The maximum atomic E-state index is 11.7. The summed E-state index contributed by atoms with van der Waals surface area (Å²) >= 11 is 0. The minimum Gasteiger partial charge on any atom is -0.509 e. The minimum atomic E-state index is -0.661. The number of amides is 1. The van der Waals surface area contributed by atoms with E-state index in [1.165, 1.54) is 6.92 Å². The van der Waals surface area contributed by atoms with Gasteiger partial charge in [-0.25, -0.2) is 0 Å². The predicted molar refractivity (Wildman–Crippen MR) is 74.7 cm³/mol. The third kappa shape index (κ3) is 3.70. The number of aliphatic hydroxyl groups is 1. The fourth-order valence-corrected chi connectivity index (χ4v) is 2.20. The predicted octanol–water partition coefficient (Wildman–Crippen LogP) is 2.31. The summed E-state index contributed by atoms with van der Waals surface area (Å²) in [5, 5.41) is 21.4. The highest BCUT2D eigenvalue weighted by Crippen LogP contribution is 2.25. The lowest BCUT2D eigenvalue weighted by Gasteiger charge is -2.15. The van der Waals surface area contributed by atoms with Crippen LogP contribution in [-0.4, -0.2) is 22.8 Å². The lowest BCUT2D eigenvalue weighted by Crippen LogP contribution is -2.31. The number of carbonyl (C=O) groups excluding carboxylic acids is 2. The number of ketones is 1. The maximum Gasteiger partial charge on any atom is 0.259 e. The molecule has 1 aliphatic rings. The van der Waals surface area contributed by atoms with Crippen LogP contribution in [0.15, 0.2) is 23.0 Å². The molecule has 0 spiro atoms. The van der Waals surface area contributed by atoms with Crippen molar-refractivity contribution >= 4 is 11.7 Å². The first-order valence-corrected chi connectivity index (χ1v) is 6.83. The minimum absolute atomic E-state index is 0.173. The van der Waals surface area contributed by atoms with E-state index in [4.69, 9.17) is 5.26 Å². The highest BCUT2D eigenvalue weighted by molar-refractivity contribution is 6.20. The largest absolute Gasteiger partial charge is 0.509 e. The van der Waals surface area contributed by atoms with E-state index >= 15 is 0 Å². The van der Waals surface area contributed by atoms with Gasteiger partial charge in [-0.3, -0.25) is 9.59 Å². The Morgan fingerprint density at radius 2 is 2.25 bits per heavy atom. The molecule has 0 aliphatic carbocycles. The van der Waals surface area contributed by atoms with Crippen LogP contribution in [0.3, 0.4) is 0 Å². The molecule has 1 unspecified atom stereocenters. The number of aliphatic hydroxyl groups excluding tert-OH is 1. The molecule has 0 fully saturated rings. The molecule has 5 heteroatoms. The molecule has 1 atom stereocenters. The van der Waals surface area contributed by atoms with Crippen LogP contribution in [-0.2, 0) is 9.59 Å². The van der Waals surface area contributed by atoms with Gasteiger partial charge in [0.15, 0.2) is 5.78 Å². The van der Waals surface area contributed by atoms with E-state index in [1.54, 1.807) is 0 Å². The number of nitrogens with one attached hydrogen (secondary N) is 1. The van der Waals surface area contributed by atoms with Gasteiger partial charge in [-0.15, -0.1) is 0 Å². The van der Waals surface area contributed by atoms with Crippen LogP contribution in [0.1, 0.15) is 46.0 Å². The fourth-order valence-electron chi connectivity index (χ4n) is 2.20. The summed E-state index contributed by atoms with van der Waals surface area (Å²) in [6, 6.07) is 1.39. The first kappa shape index (κ1) is 16.0. The quantitative estimate of drug-likeness (QED) is 0.424. The highest BCUT2D eigenvalue weighted by Gasteiger charge is 2.35. The van der Waals surface area contributed by atoms with Crippen molar-refractivity contribution in [2.45, 2.75) is 52.0 Å². The molecule has 0 aromatic heterocycles. The van der Waals surface area contributed by atoms with Crippen LogP contribution in [0, 0.1) is 11.3 Å². The number of Topliss-reactive ketones (excluding diaryl/α,β-unsaturated/α-hetero) is 1. The molecule has 0 aromatic carbocycles. The standard InChI is InChI=1S/C15H20N2O3/c1-3-4-5-7-11(8-6-9-16)13-14(19)12(10(2)18)15(20)17-13/h7,13,19H,3-6,8H2,1-2H3,(H,17,20)/b11-7-. The van der Waals surface area contributed by atoms with Gasteiger partial charge in [-0.1, -0.05) is 25.8 Å². The second-order valence-electron chi connectivity index (χ2n) is 4.80. The SMILES string of the molecule is CCCC/C=C(/CCC#N)C1NC(=O)C(C(C)=O)=C1O. The Morgan fingerprint density at radius 1 is 1.55 bits per heavy atom. The van der Waals surface area contributed by atoms with Crippen LogP contribution < -0.4 is 5.32 Å². The molecule has 5 nitrogen and oxygen atoms in total. The summed E-state index contributed by atoms with van der Waals surface area (Å²) in [5.74, 6) is -1.21.